The van der Waals surface area contributed by atoms with Gasteiger partial charge in [0.25, 0.3) is 5.91 Å². The topological polar surface area (TPSA) is 58.6 Å². The van der Waals surface area contributed by atoms with Gasteiger partial charge in [-0.25, -0.2) is 0 Å². The normalized spacial score (nSPS) is 23.1. The zero-order chi connectivity index (χ0) is 20.2. The van der Waals surface area contributed by atoms with E-state index in [1.165, 1.54) is 12.5 Å². The van der Waals surface area contributed by atoms with Crippen LogP contribution in [0.2, 0.25) is 5.02 Å². The molecule has 0 bridgehead atoms. The van der Waals surface area contributed by atoms with E-state index in [0.717, 1.165) is 37.1 Å². The van der Waals surface area contributed by atoms with E-state index in [2.05, 4.69) is 36.4 Å². The maximum absolute atomic E-state index is 12.5. The molecule has 0 aromatic heterocycles. The van der Waals surface area contributed by atoms with Crippen LogP contribution in [0.4, 0.5) is 0 Å². The summed E-state index contributed by atoms with van der Waals surface area (Å²) < 4.78 is 5.14. The molecule has 0 saturated heterocycles. The largest absolute Gasteiger partial charge is 0.450 e. The predicted molar refractivity (Wildman–Crippen MR) is 108 cm³/mol. The number of hydrogen-bond acceptors (Lipinski definition) is 4. The molecule has 2 rings (SSSR count). The molecule has 0 radical (unpaired) electrons. The minimum atomic E-state index is -1.15. The SMILES string of the molecule is CC(=O)OC(C)(C)C(=O)NC1CCC(Cc2ccc(Cl)cc2)(N(C)C)CC1. The Morgan fingerprint density at radius 1 is 1.22 bits per heavy atom. The molecular formula is C21H31ClN2O3. The summed E-state index contributed by atoms with van der Waals surface area (Å²) in [6, 6.07) is 8.14. The first-order valence-corrected chi connectivity index (χ1v) is 9.84. The molecule has 0 unspecified atom stereocenters. The summed E-state index contributed by atoms with van der Waals surface area (Å²) in [7, 11) is 4.25. The van der Waals surface area contributed by atoms with Crippen LogP contribution in [-0.4, -0.2) is 48.1 Å². The fourth-order valence-corrected chi connectivity index (χ4v) is 3.95. The molecule has 27 heavy (non-hydrogen) atoms. The van der Waals surface area contributed by atoms with Gasteiger partial charge >= 0.3 is 5.97 Å². The summed E-state index contributed by atoms with van der Waals surface area (Å²) >= 11 is 6.01. The van der Waals surface area contributed by atoms with E-state index >= 15 is 0 Å². The average Bonchev–Trinajstić information content (AvgIpc) is 2.57. The number of likely N-dealkylation sites (N-methyl/N-ethyl adjacent to an activating group) is 1. The highest BCUT2D eigenvalue weighted by atomic mass is 35.5. The Balaban J connectivity index is 1.99. The first-order chi connectivity index (χ1) is 12.5. The molecule has 0 aliphatic heterocycles. The first kappa shape index (κ1) is 21.7. The van der Waals surface area contributed by atoms with E-state index in [9.17, 15) is 9.59 Å². The van der Waals surface area contributed by atoms with Crippen LogP contribution < -0.4 is 5.32 Å². The molecule has 6 heteroatoms. The van der Waals surface area contributed by atoms with Gasteiger partial charge in [0.1, 0.15) is 0 Å². The van der Waals surface area contributed by atoms with Crippen molar-refractivity contribution in [1.82, 2.24) is 10.2 Å². The van der Waals surface area contributed by atoms with Crippen molar-refractivity contribution in [2.24, 2.45) is 0 Å². The van der Waals surface area contributed by atoms with Crippen LogP contribution in [0, 0.1) is 0 Å². The van der Waals surface area contributed by atoms with Gasteiger partial charge in [-0.3, -0.25) is 9.59 Å². The molecule has 150 valence electrons. The van der Waals surface area contributed by atoms with Crippen LogP contribution in [-0.2, 0) is 20.7 Å². The zero-order valence-corrected chi connectivity index (χ0v) is 17.7. The summed E-state index contributed by atoms with van der Waals surface area (Å²) in [5, 5.41) is 3.81. The van der Waals surface area contributed by atoms with Gasteiger partial charge in [-0.05, 0) is 77.7 Å². The predicted octanol–water partition coefficient (Wildman–Crippen LogP) is 3.58. The van der Waals surface area contributed by atoms with Crippen LogP contribution in [0.5, 0.6) is 0 Å². The number of esters is 1. The Labute approximate surface area is 167 Å². The molecule has 1 amide bonds. The van der Waals surface area contributed by atoms with Crippen LogP contribution in [0.25, 0.3) is 0 Å². The van der Waals surface area contributed by atoms with Crippen LogP contribution in [0.1, 0.15) is 52.0 Å². The van der Waals surface area contributed by atoms with Gasteiger partial charge in [0.15, 0.2) is 5.60 Å². The Morgan fingerprint density at radius 3 is 2.26 bits per heavy atom. The van der Waals surface area contributed by atoms with Crippen LogP contribution in [0.3, 0.4) is 0 Å². The third kappa shape index (κ3) is 5.69. The number of ether oxygens (including phenoxy) is 1. The summed E-state index contributed by atoms with van der Waals surface area (Å²) in [6.07, 6.45) is 4.72. The number of benzene rings is 1. The number of amides is 1. The molecule has 1 fully saturated rings. The molecular weight excluding hydrogens is 364 g/mol. The highest BCUT2D eigenvalue weighted by Gasteiger charge is 2.39. The lowest BCUT2D eigenvalue weighted by molar-refractivity contribution is -0.163. The molecule has 5 nitrogen and oxygen atoms in total. The third-order valence-electron chi connectivity index (χ3n) is 5.59. The molecule has 1 aliphatic carbocycles. The van der Waals surface area contributed by atoms with Gasteiger partial charge in [0, 0.05) is 23.5 Å². The number of hydrogen-bond donors (Lipinski definition) is 1. The number of nitrogens with one attached hydrogen (secondary N) is 1. The average molecular weight is 395 g/mol. The third-order valence-corrected chi connectivity index (χ3v) is 5.84. The molecule has 1 aromatic carbocycles. The van der Waals surface area contributed by atoms with E-state index in [4.69, 9.17) is 16.3 Å². The molecule has 0 spiro atoms. The van der Waals surface area contributed by atoms with Crippen molar-refractivity contribution in [3.05, 3.63) is 34.9 Å². The van der Waals surface area contributed by atoms with E-state index in [1.54, 1.807) is 13.8 Å². The lowest BCUT2D eigenvalue weighted by atomic mass is 9.74. The van der Waals surface area contributed by atoms with Gasteiger partial charge in [0.05, 0.1) is 0 Å². The second kappa shape index (κ2) is 8.61. The summed E-state index contributed by atoms with van der Waals surface area (Å²) in [5.74, 6) is -0.689. The minimum absolute atomic E-state index is 0.0699. The lowest BCUT2D eigenvalue weighted by Gasteiger charge is -2.45. The maximum atomic E-state index is 12.5. The Morgan fingerprint density at radius 2 is 1.78 bits per heavy atom. The van der Waals surface area contributed by atoms with E-state index in [0.29, 0.717) is 0 Å². The fraction of sp³-hybridized carbons (Fsp3) is 0.619. The summed E-state index contributed by atoms with van der Waals surface area (Å²) in [6.45, 7) is 4.56. The molecule has 1 saturated carbocycles. The molecule has 1 aliphatic rings. The summed E-state index contributed by atoms with van der Waals surface area (Å²) in [4.78, 5) is 26.0. The van der Waals surface area contributed by atoms with Crippen LogP contribution in [0.15, 0.2) is 24.3 Å². The smallest absolute Gasteiger partial charge is 0.303 e. The van der Waals surface area contributed by atoms with Crippen molar-refractivity contribution >= 4 is 23.5 Å². The first-order valence-electron chi connectivity index (χ1n) is 9.46. The minimum Gasteiger partial charge on any atom is -0.450 e. The van der Waals surface area contributed by atoms with Gasteiger partial charge in [-0.15, -0.1) is 0 Å². The van der Waals surface area contributed by atoms with E-state index in [1.807, 2.05) is 12.1 Å². The molecule has 1 aromatic rings. The Kier molecular flexibility index (Phi) is 6.92. The van der Waals surface area contributed by atoms with Crippen molar-refractivity contribution in [3.63, 3.8) is 0 Å². The van der Waals surface area contributed by atoms with Gasteiger partial charge in [0.2, 0.25) is 0 Å². The fourth-order valence-electron chi connectivity index (χ4n) is 3.83. The van der Waals surface area contributed by atoms with E-state index in [-0.39, 0.29) is 17.5 Å². The lowest BCUT2D eigenvalue weighted by Crippen LogP contribution is -2.54. The Bertz CT molecular complexity index is 663. The standard InChI is InChI=1S/C21H31ClN2O3/c1-15(25)27-20(2,3)19(26)23-18-10-12-21(13-11-18,24(4)5)14-16-6-8-17(22)9-7-16/h6-9,18H,10-14H2,1-5H3,(H,23,26). The van der Waals surface area contributed by atoms with E-state index < -0.39 is 11.6 Å². The van der Waals surface area contributed by atoms with Crippen molar-refractivity contribution in [2.45, 2.75) is 70.1 Å². The molecule has 0 heterocycles. The van der Waals surface area contributed by atoms with Crippen molar-refractivity contribution in [3.8, 4) is 0 Å². The van der Waals surface area contributed by atoms with Crippen molar-refractivity contribution < 1.29 is 14.3 Å². The number of halogens is 1. The number of carbonyl (C=O) groups is 2. The number of rotatable bonds is 6. The highest BCUT2D eigenvalue weighted by Crippen LogP contribution is 2.36. The molecule has 0 atom stereocenters. The maximum Gasteiger partial charge on any atom is 0.303 e. The quantitative estimate of drug-likeness (QED) is 0.749. The van der Waals surface area contributed by atoms with Gasteiger partial charge in [-0.1, -0.05) is 23.7 Å². The van der Waals surface area contributed by atoms with Crippen molar-refractivity contribution in [1.29, 1.82) is 0 Å². The monoisotopic (exact) mass is 394 g/mol. The Hall–Kier alpha value is -1.59. The molecule has 1 N–H and O–H groups in total. The second-order valence-corrected chi connectivity index (χ2v) is 8.71. The van der Waals surface area contributed by atoms with Crippen molar-refractivity contribution in [2.75, 3.05) is 14.1 Å². The zero-order valence-electron chi connectivity index (χ0n) is 17.0. The van der Waals surface area contributed by atoms with Gasteiger partial charge < -0.3 is 15.0 Å². The highest BCUT2D eigenvalue weighted by molar-refractivity contribution is 6.30. The van der Waals surface area contributed by atoms with Gasteiger partial charge in [-0.2, -0.15) is 0 Å². The number of carbonyl (C=O) groups excluding carboxylic acids is 2. The summed E-state index contributed by atoms with van der Waals surface area (Å²) in [5.41, 5.74) is 0.192. The second-order valence-electron chi connectivity index (χ2n) is 8.27. The van der Waals surface area contributed by atoms with Crippen LogP contribution >= 0.6 is 11.6 Å². The number of nitrogens with zero attached hydrogens (tertiary/aromatic N) is 1.